The first kappa shape index (κ1) is 28.8. The van der Waals surface area contributed by atoms with Crippen LogP contribution in [0.15, 0.2) is 24.3 Å². The lowest BCUT2D eigenvalue weighted by Crippen LogP contribution is -2.55. The van der Waals surface area contributed by atoms with E-state index >= 15 is 0 Å². The van der Waals surface area contributed by atoms with E-state index in [0.29, 0.717) is 12.1 Å². The van der Waals surface area contributed by atoms with Crippen molar-refractivity contribution in [1.29, 1.82) is 5.26 Å². The highest BCUT2D eigenvalue weighted by Gasteiger charge is 2.37. The Hall–Kier alpha value is -3.28. The molecule has 2 atom stereocenters. The highest BCUT2D eigenvalue weighted by Crippen LogP contribution is 2.26. The number of nitrogens with zero attached hydrogens (tertiary/aromatic N) is 2. The van der Waals surface area contributed by atoms with E-state index in [-0.39, 0.29) is 18.2 Å². The molecule has 0 heterocycles. The van der Waals surface area contributed by atoms with Gasteiger partial charge in [0.25, 0.3) is 0 Å². The summed E-state index contributed by atoms with van der Waals surface area (Å²) in [5.74, 6) is -1.49. The Labute approximate surface area is 202 Å². The summed E-state index contributed by atoms with van der Waals surface area (Å²) in [6.45, 7) is 10.7. The van der Waals surface area contributed by atoms with Gasteiger partial charge in [-0.25, -0.2) is 4.79 Å². The summed E-state index contributed by atoms with van der Waals surface area (Å²) in [4.78, 5) is 40.4. The Morgan fingerprint density at radius 1 is 1.21 bits per heavy atom. The van der Waals surface area contributed by atoms with Crippen LogP contribution in [0.3, 0.4) is 0 Å². The number of aromatic hydroxyl groups is 1. The van der Waals surface area contributed by atoms with E-state index in [4.69, 9.17) is 4.74 Å². The number of rotatable bonds is 11. The third-order valence-electron chi connectivity index (χ3n) is 4.95. The van der Waals surface area contributed by atoms with Gasteiger partial charge in [0.2, 0.25) is 11.8 Å². The molecule has 0 aromatic heterocycles. The van der Waals surface area contributed by atoms with Crippen molar-refractivity contribution in [2.75, 3.05) is 13.1 Å². The minimum Gasteiger partial charge on any atom is -0.508 e. The van der Waals surface area contributed by atoms with Gasteiger partial charge in [0.15, 0.2) is 0 Å². The first-order valence-electron chi connectivity index (χ1n) is 11.6. The first-order valence-corrected chi connectivity index (χ1v) is 11.6. The summed E-state index contributed by atoms with van der Waals surface area (Å²) in [6.07, 6.45) is 1.93. The Kier molecular flexibility index (Phi) is 11.4. The van der Waals surface area contributed by atoms with Crippen molar-refractivity contribution >= 4 is 17.9 Å². The van der Waals surface area contributed by atoms with Crippen LogP contribution in [0, 0.1) is 17.2 Å². The van der Waals surface area contributed by atoms with E-state index in [1.165, 1.54) is 12.1 Å². The van der Waals surface area contributed by atoms with Gasteiger partial charge in [-0.15, -0.1) is 0 Å². The van der Waals surface area contributed by atoms with E-state index in [9.17, 15) is 24.8 Å². The lowest BCUT2D eigenvalue weighted by Gasteiger charge is -2.34. The number of carbonyl (C=O) groups excluding carboxylic acids is 3. The Morgan fingerprint density at radius 3 is 2.41 bits per heavy atom. The number of alkyl carbamates (subject to hydrolysis) is 1. The average Bonchev–Trinajstić information content (AvgIpc) is 2.73. The zero-order valence-electron chi connectivity index (χ0n) is 21.1. The molecule has 0 saturated heterocycles. The minimum absolute atomic E-state index is 0.0714. The number of benzene rings is 1. The Morgan fingerprint density at radius 2 is 1.88 bits per heavy atom. The summed E-state index contributed by atoms with van der Waals surface area (Å²) < 4.78 is 5.29. The van der Waals surface area contributed by atoms with Gasteiger partial charge in [0, 0.05) is 6.54 Å². The van der Waals surface area contributed by atoms with Gasteiger partial charge in [-0.1, -0.05) is 45.7 Å². The van der Waals surface area contributed by atoms with E-state index in [2.05, 4.69) is 17.6 Å². The normalized spacial score (nSPS) is 12.9. The fourth-order valence-electron chi connectivity index (χ4n) is 3.35. The van der Waals surface area contributed by atoms with Crippen molar-refractivity contribution in [1.82, 2.24) is 15.5 Å². The quantitative estimate of drug-likeness (QED) is 0.331. The third-order valence-corrected chi connectivity index (χ3v) is 4.95. The molecule has 0 aliphatic carbocycles. The minimum atomic E-state index is -1.16. The fourth-order valence-corrected chi connectivity index (χ4v) is 3.35. The maximum atomic E-state index is 13.6. The van der Waals surface area contributed by atoms with E-state index in [1.807, 2.05) is 6.07 Å². The van der Waals surface area contributed by atoms with Crippen LogP contribution in [0.4, 0.5) is 4.79 Å². The van der Waals surface area contributed by atoms with Gasteiger partial charge in [-0.05, 0) is 50.8 Å². The van der Waals surface area contributed by atoms with Crippen molar-refractivity contribution in [3.8, 4) is 11.8 Å². The highest BCUT2D eigenvalue weighted by molar-refractivity contribution is 5.92. The van der Waals surface area contributed by atoms with Crippen LogP contribution < -0.4 is 10.6 Å². The standard InChI is InChI=1S/C25H38N4O5/c1-7-8-9-14-27-22(31)21(18-11-10-12-19(30)16-18)29(15-13-26)23(32)20(17(2)3)28-24(33)34-25(4,5)6/h10-12,16-17,20-21,30H,7-9,14-15H2,1-6H3,(H,27,31)(H,28,33). The molecule has 9 heteroatoms. The molecule has 3 N–H and O–H groups in total. The van der Waals surface area contributed by atoms with E-state index in [0.717, 1.165) is 24.2 Å². The van der Waals surface area contributed by atoms with Crippen molar-refractivity contribution in [3.05, 3.63) is 29.8 Å². The number of hydrogen-bond acceptors (Lipinski definition) is 6. The zero-order chi connectivity index (χ0) is 25.9. The Balaban J connectivity index is 3.33. The molecular weight excluding hydrogens is 436 g/mol. The summed E-state index contributed by atoms with van der Waals surface area (Å²) in [5.41, 5.74) is -0.403. The van der Waals surface area contributed by atoms with Crippen LogP contribution >= 0.6 is 0 Å². The van der Waals surface area contributed by atoms with Crippen LogP contribution in [0.5, 0.6) is 5.75 Å². The molecule has 0 radical (unpaired) electrons. The molecule has 0 bridgehead atoms. The molecule has 0 saturated carbocycles. The third kappa shape index (κ3) is 9.30. The van der Waals surface area contributed by atoms with Crippen molar-refractivity contribution in [3.63, 3.8) is 0 Å². The fraction of sp³-hybridized carbons (Fsp3) is 0.600. The molecule has 188 valence electrons. The van der Waals surface area contributed by atoms with Gasteiger partial charge >= 0.3 is 6.09 Å². The number of unbranched alkanes of at least 4 members (excludes halogenated alkanes) is 2. The first-order chi connectivity index (χ1) is 15.9. The molecule has 2 unspecified atom stereocenters. The Bertz CT molecular complexity index is 873. The van der Waals surface area contributed by atoms with E-state index in [1.54, 1.807) is 46.8 Å². The van der Waals surface area contributed by atoms with Crippen LogP contribution in [-0.4, -0.2) is 52.6 Å². The topological polar surface area (TPSA) is 132 Å². The van der Waals surface area contributed by atoms with Crippen molar-refractivity contribution < 1.29 is 24.2 Å². The predicted molar refractivity (Wildman–Crippen MR) is 129 cm³/mol. The summed E-state index contributed by atoms with van der Waals surface area (Å²) in [6, 6.07) is 5.77. The largest absolute Gasteiger partial charge is 0.508 e. The number of nitriles is 1. The second-order valence-corrected chi connectivity index (χ2v) is 9.49. The van der Waals surface area contributed by atoms with Gasteiger partial charge < -0.3 is 25.4 Å². The van der Waals surface area contributed by atoms with Crippen molar-refractivity contribution in [2.45, 2.75) is 78.5 Å². The number of ether oxygens (including phenoxy) is 1. The number of amides is 3. The second kappa shape index (κ2) is 13.4. The number of nitrogens with one attached hydrogen (secondary N) is 2. The van der Waals surface area contributed by atoms with Crippen LogP contribution in [0.2, 0.25) is 0 Å². The van der Waals surface area contributed by atoms with Gasteiger partial charge in [0.05, 0.1) is 6.07 Å². The lowest BCUT2D eigenvalue weighted by molar-refractivity contribution is -0.142. The monoisotopic (exact) mass is 474 g/mol. The zero-order valence-corrected chi connectivity index (χ0v) is 21.1. The molecule has 1 aromatic rings. The van der Waals surface area contributed by atoms with Crippen LogP contribution in [-0.2, 0) is 14.3 Å². The maximum Gasteiger partial charge on any atom is 0.408 e. The smallest absolute Gasteiger partial charge is 0.408 e. The van der Waals surface area contributed by atoms with Gasteiger partial charge in [-0.2, -0.15) is 5.26 Å². The van der Waals surface area contributed by atoms with E-state index < -0.39 is 35.6 Å². The number of hydrogen-bond donors (Lipinski definition) is 3. The molecule has 0 aliphatic rings. The molecule has 34 heavy (non-hydrogen) atoms. The molecule has 0 aliphatic heterocycles. The summed E-state index contributed by atoms with van der Waals surface area (Å²) >= 11 is 0. The second-order valence-electron chi connectivity index (χ2n) is 9.49. The molecule has 1 rings (SSSR count). The van der Waals surface area contributed by atoms with Crippen LogP contribution in [0.25, 0.3) is 0 Å². The summed E-state index contributed by atoms with van der Waals surface area (Å²) in [7, 11) is 0. The molecule has 0 spiro atoms. The number of phenolic OH excluding ortho intramolecular Hbond substituents is 1. The van der Waals surface area contributed by atoms with Gasteiger partial charge in [-0.3, -0.25) is 9.59 Å². The molecule has 1 aromatic carbocycles. The molecular formula is C25H38N4O5. The number of phenols is 1. The average molecular weight is 475 g/mol. The SMILES string of the molecule is CCCCCNC(=O)C(c1cccc(O)c1)N(CC#N)C(=O)C(NC(=O)OC(C)(C)C)C(C)C. The molecule has 3 amide bonds. The van der Waals surface area contributed by atoms with Gasteiger partial charge in [0.1, 0.15) is 30.0 Å². The molecule has 0 fully saturated rings. The molecule has 9 nitrogen and oxygen atoms in total. The van der Waals surface area contributed by atoms with Crippen LogP contribution in [0.1, 0.15) is 72.4 Å². The summed E-state index contributed by atoms with van der Waals surface area (Å²) in [5, 5.41) is 24.9. The predicted octanol–water partition coefficient (Wildman–Crippen LogP) is 3.64. The number of carbonyl (C=O) groups is 3. The lowest BCUT2D eigenvalue weighted by atomic mass is 9.98. The van der Waals surface area contributed by atoms with Crippen molar-refractivity contribution in [2.24, 2.45) is 5.92 Å². The highest BCUT2D eigenvalue weighted by atomic mass is 16.6. The maximum absolute atomic E-state index is 13.6.